The molecule has 2 rings (SSSR count). The van der Waals surface area contributed by atoms with Crippen molar-refractivity contribution in [1.82, 2.24) is 0 Å². The highest BCUT2D eigenvalue weighted by Crippen LogP contribution is 2.31. The van der Waals surface area contributed by atoms with Gasteiger partial charge in [0, 0.05) is 9.75 Å². The van der Waals surface area contributed by atoms with E-state index < -0.39 is 0 Å². The lowest BCUT2D eigenvalue weighted by molar-refractivity contribution is 1.19. The van der Waals surface area contributed by atoms with Crippen LogP contribution in [0.2, 0.25) is 0 Å². The Morgan fingerprint density at radius 3 is 2.47 bits per heavy atom. The number of benzene rings is 1. The van der Waals surface area contributed by atoms with Gasteiger partial charge in [0.1, 0.15) is 0 Å². The Bertz CT molecular complexity index is 466. The van der Waals surface area contributed by atoms with Crippen molar-refractivity contribution in [2.75, 3.05) is 0 Å². The molecule has 0 bridgehead atoms. The Kier molecular flexibility index (Phi) is 2.92. The molecule has 1 heterocycles. The summed E-state index contributed by atoms with van der Waals surface area (Å²) in [6.45, 7) is 6.54. The van der Waals surface area contributed by atoms with Crippen LogP contribution in [-0.4, -0.2) is 0 Å². The third kappa shape index (κ3) is 2.13. The van der Waals surface area contributed by atoms with Crippen LogP contribution in [0.15, 0.2) is 30.3 Å². The van der Waals surface area contributed by atoms with Crippen molar-refractivity contribution in [2.24, 2.45) is 0 Å². The van der Waals surface area contributed by atoms with E-state index in [0.29, 0.717) is 0 Å². The van der Waals surface area contributed by atoms with Crippen LogP contribution >= 0.6 is 11.3 Å². The fraction of sp³-hybridized carbons (Fsp3) is 0.286. The van der Waals surface area contributed by atoms with Crippen LogP contribution < -0.4 is 0 Å². The number of aryl methyl sites for hydroxylation is 3. The molecule has 78 valence electrons. The minimum Gasteiger partial charge on any atom is -0.140 e. The van der Waals surface area contributed by atoms with Crippen LogP contribution in [0.1, 0.15) is 22.9 Å². The van der Waals surface area contributed by atoms with E-state index in [2.05, 4.69) is 51.1 Å². The first kappa shape index (κ1) is 10.4. The van der Waals surface area contributed by atoms with E-state index in [4.69, 9.17) is 0 Å². The molecule has 0 aliphatic carbocycles. The molecule has 0 N–H and O–H groups in total. The molecule has 0 saturated carbocycles. The topological polar surface area (TPSA) is 0 Å². The summed E-state index contributed by atoms with van der Waals surface area (Å²) in [4.78, 5) is 2.86. The fourth-order valence-electron chi connectivity index (χ4n) is 1.80. The first-order chi connectivity index (χ1) is 7.20. The molecule has 15 heavy (non-hydrogen) atoms. The van der Waals surface area contributed by atoms with Crippen molar-refractivity contribution < 1.29 is 0 Å². The molecule has 0 nitrogen and oxygen atoms in total. The molecule has 0 radical (unpaired) electrons. The Morgan fingerprint density at radius 2 is 1.87 bits per heavy atom. The molecule has 1 aromatic carbocycles. The van der Waals surface area contributed by atoms with E-state index in [1.165, 1.54) is 26.4 Å². The van der Waals surface area contributed by atoms with E-state index in [1.54, 1.807) is 0 Å². The third-order valence-electron chi connectivity index (χ3n) is 2.66. The number of thiophene rings is 1. The van der Waals surface area contributed by atoms with E-state index in [1.807, 2.05) is 11.3 Å². The van der Waals surface area contributed by atoms with Crippen LogP contribution in [0, 0.1) is 13.8 Å². The summed E-state index contributed by atoms with van der Waals surface area (Å²) < 4.78 is 0. The van der Waals surface area contributed by atoms with Crippen LogP contribution in [0.25, 0.3) is 10.4 Å². The molecule has 1 heteroatoms. The third-order valence-corrected chi connectivity index (χ3v) is 3.92. The quantitative estimate of drug-likeness (QED) is 0.688. The van der Waals surface area contributed by atoms with Gasteiger partial charge in [-0.1, -0.05) is 30.7 Å². The zero-order valence-corrected chi connectivity index (χ0v) is 10.3. The maximum absolute atomic E-state index is 2.25. The van der Waals surface area contributed by atoms with Crippen molar-refractivity contribution in [3.05, 3.63) is 46.3 Å². The minimum atomic E-state index is 1.13. The van der Waals surface area contributed by atoms with E-state index in [0.717, 1.165) is 6.42 Å². The minimum absolute atomic E-state index is 1.13. The predicted molar refractivity (Wildman–Crippen MR) is 68.6 cm³/mol. The van der Waals surface area contributed by atoms with Gasteiger partial charge >= 0.3 is 0 Å². The van der Waals surface area contributed by atoms with Gasteiger partial charge in [-0.25, -0.2) is 0 Å². The summed E-state index contributed by atoms with van der Waals surface area (Å²) in [6.07, 6.45) is 1.13. The monoisotopic (exact) mass is 216 g/mol. The number of hydrogen-bond acceptors (Lipinski definition) is 1. The van der Waals surface area contributed by atoms with Gasteiger partial charge in [0.15, 0.2) is 0 Å². The summed E-state index contributed by atoms with van der Waals surface area (Å²) in [7, 11) is 0. The van der Waals surface area contributed by atoms with Crippen LogP contribution in [-0.2, 0) is 6.42 Å². The molecular weight excluding hydrogens is 200 g/mol. The summed E-state index contributed by atoms with van der Waals surface area (Å²) in [5.41, 5.74) is 4.09. The summed E-state index contributed by atoms with van der Waals surface area (Å²) in [5.74, 6) is 0. The van der Waals surface area contributed by atoms with Crippen LogP contribution in [0.4, 0.5) is 0 Å². The van der Waals surface area contributed by atoms with E-state index in [-0.39, 0.29) is 0 Å². The normalized spacial score (nSPS) is 10.6. The summed E-state index contributed by atoms with van der Waals surface area (Å²) in [5, 5.41) is 0. The fourth-order valence-corrected chi connectivity index (χ4v) is 2.84. The SMILES string of the molecule is CCc1ccc(-c2ccc(C)cc2C)s1. The molecule has 0 unspecified atom stereocenters. The summed E-state index contributed by atoms with van der Waals surface area (Å²) in [6, 6.07) is 11.1. The number of rotatable bonds is 2. The van der Waals surface area contributed by atoms with Gasteiger partial charge < -0.3 is 0 Å². The standard InChI is InChI=1S/C14H16S/c1-4-12-6-8-14(15-12)13-7-5-10(2)9-11(13)3/h5-9H,4H2,1-3H3. The highest BCUT2D eigenvalue weighted by molar-refractivity contribution is 7.15. The Labute approximate surface area is 95.6 Å². The van der Waals surface area contributed by atoms with E-state index in [9.17, 15) is 0 Å². The molecule has 2 aromatic rings. The van der Waals surface area contributed by atoms with Gasteiger partial charge in [-0.3, -0.25) is 0 Å². The van der Waals surface area contributed by atoms with Gasteiger partial charge in [-0.05, 0) is 43.5 Å². The second kappa shape index (κ2) is 4.19. The van der Waals surface area contributed by atoms with Crippen molar-refractivity contribution in [3.63, 3.8) is 0 Å². The predicted octanol–water partition coefficient (Wildman–Crippen LogP) is 4.59. The molecular formula is C14H16S. The van der Waals surface area contributed by atoms with Gasteiger partial charge in [0.05, 0.1) is 0 Å². The molecule has 1 aromatic heterocycles. The Hall–Kier alpha value is -1.08. The second-order valence-corrected chi connectivity index (χ2v) is 5.11. The molecule has 0 atom stereocenters. The Balaban J connectivity index is 2.44. The number of hydrogen-bond donors (Lipinski definition) is 0. The lowest BCUT2D eigenvalue weighted by atomic mass is 10.0. The van der Waals surface area contributed by atoms with Crippen molar-refractivity contribution in [1.29, 1.82) is 0 Å². The smallest absolute Gasteiger partial charge is 0.0348 e. The second-order valence-electron chi connectivity index (χ2n) is 3.94. The highest BCUT2D eigenvalue weighted by Gasteiger charge is 2.04. The van der Waals surface area contributed by atoms with E-state index >= 15 is 0 Å². The molecule has 0 fully saturated rings. The van der Waals surface area contributed by atoms with Crippen molar-refractivity contribution in [3.8, 4) is 10.4 Å². The average Bonchev–Trinajstić information content (AvgIpc) is 2.66. The zero-order chi connectivity index (χ0) is 10.8. The average molecular weight is 216 g/mol. The summed E-state index contributed by atoms with van der Waals surface area (Å²) >= 11 is 1.91. The molecule has 0 aliphatic heterocycles. The molecule has 0 amide bonds. The van der Waals surface area contributed by atoms with Crippen molar-refractivity contribution in [2.45, 2.75) is 27.2 Å². The highest BCUT2D eigenvalue weighted by atomic mass is 32.1. The van der Waals surface area contributed by atoms with Gasteiger partial charge in [0.2, 0.25) is 0 Å². The van der Waals surface area contributed by atoms with Crippen LogP contribution in [0.5, 0.6) is 0 Å². The molecule has 0 aliphatic rings. The van der Waals surface area contributed by atoms with Crippen molar-refractivity contribution >= 4 is 11.3 Å². The van der Waals surface area contributed by atoms with Crippen LogP contribution in [0.3, 0.4) is 0 Å². The van der Waals surface area contributed by atoms with Gasteiger partial charge in [-0.15, -0.1) is 11.3 Å². The zero-order valence-electron chi connectivity index (χ0n) is 9.50. The molecule has 0 saturated heterocycles. The first-order valence-corrected chi connectivity index (χ1v) is 6.18. The van der Waals surface area contributed by atoms with Gasteiger partial charge in [-0.2, -0.15) is 0 Å². The Morgan fingerprint density at radius 1 is 1.07 bits per heavy atom. The largest absolute Gasteiger partial charge is 0.140 e. The maximum atomic E-state index is 2.25. The lowest BCUT2D eigenvalue weighted by Gasteiger charge is -2.03. The lowest BCUT2D eigenvalue weighted by Crippen LogP contribution is -1.81. The molecule has 0 spiro atoms. The first-order valence-electron chi connectivity index (χ1n) is 5.37. The maximum Gasteiger partial charge on any atom is 0.0348 e. The van der Waals surface area contributed by atoms with Gasteiger partial charge in [0.25, 0.3) is 0 Å².